The van der Waals surface area contributed by atoms with Gasteiger partial charge in [-0.05, 0) is 49.2 Å². The predicted molar refractivity (Wildman–Crippen MR) is 107 cm³/mol. The number of nitrogens with zero attached hydrogens (tertiary/aromatic N) is 2. The van der Waals surface area contributed by atoms with Gasteiger partial charge in [0.1, 0.15) is 0 Å². The van der Waals surface area contributed by atoms with Gasteiger partial charge in [-0.1, -0.05) is 54.6 Å². The predicted octanol–water partition coefficient (Wildman–Crippen LogP) is 5.03. The highest BCUT2D eigenvalue weighted by Gasteiger charge is 2.13. The number of rotatable bonds is 6. The van der Waals surface area contributed by atoms with Gasteiger partial charge >= 0.3 is 0 Å². The second kappa shape index (κ2) is 8.77. The summed E-state index contributed by atoms with van der Waals surface area (Å²) in [5.74, 6) is 0.0592. The van der Waals surface area contributed by atoms with Crippen molar-refractivity contribution in [1.29, 1.82) is 0 Å². The Balaban J connectivity index is 1.78. The molecule has 26 heavy (non-hydrogen) atoms. The summed E-state index contributed by atoms with van der Waals surface area (Å²) in [5.41, 5.74) is 3.81. The molecule has 0 aliphatic rings. The van der Waals surface area contributed by atoms with Crippen LogP contribution in [-0.2, 0) is 11.2 Å². The lowest BCUT2D eigenvalue weighted by Crippen LogP contribution is -2.25. The molecule has 0 N–H and O–H groups in total. The molecule has 0 bridgehead atoms. The maximum Gasteiger partial charge on any atom is 0.231 e. The summed E-state index contributed by atoms with van der Waals surface area (Å²) in [6.07, 6.45) is 4.86. The van der Waals surface area contributed by atoms with Crippen LogP contribution in [0.5, 0.6) is 0 Å². The lowest BCUT2D eigenvalue weighted by molar-refractivity contribution is -0.118. The van der Waals surface area contributed by atoms with Crippen LogP contribution in [0.1, 0.15) is 23.4 Å². The van der Waals surface area contributed by atoms with Crippen molar-refractivity contribution >= 4 is 17.7 Å². The van der Waals surface area contributed by atoms with Crippen molar-refractivity contribution in [2.45, 2.75) is 19.8 Å². The first kappa shape index (κ1) is 17.6. The molecule has 0 saturated heterocycles. The third-order valence-electron chi connectivity index (χ3n) is 4.08. The van der Waals surface area contributed by atoms with Gasteiger partial charge in [-0.25, -0.2) is 0 Å². The average molecular weight is 342 g/mol. The highest BCUT2D eigenvalue weighted by molar-refractivity contribution is 5.96. The van der Waals surface area contributed by atoms with E-state index in [2.05, 4.69) is 4.98 Å². The first-order valence-corrected chi connectivity index (χ1v) is 8.75. The molecule has 0 spiro atoms. The van der Waals surface area contributed by atoms with Crippen LogP contribution < -0.4 is 4.90 Å². The van der Waals surface area contributed by atoms with Gasteiger partial charge in [-0.2, -0.15) is 0 Å². The van der Waals surface area contributed by atoms with Crippen LogP contribution in [0.4, 0.5) is 5.69 Å². The molecular formula is C23H22N2O. The van der Waals surface area contributed by atoms with E-state index < -0.39 is 0 Å². The summed E-state index contributed by atoms with van der Waals surface area (Å²) < 4.78 is 0. The third kappa shape index (κ3) is 4.90. The van der Waals surface area contributed by atoms with Crippen molar-refractivity contribution in [2.75, 3.05) is 4.90 Å². The normalized spacial score (nSPS) is 10.8. The molecule has 1 amide bonds. The Hall–Kier alpha value is -3.20. The van der Waals surface area contributed by atoms with Gasteiger partial charge in [0.15, 0.2) is 0 Å². The topological polar surface area (TPSA) is 33.2 Å². The highest BCUT2D eigenvalue weighted by atomic mass is 16.2. The molecule has 0 saturated carbocycles. The summed E-state index contributed by atoms with van der Waals surface area (Å²) >= 11 is 0. The number of para-hydroxylation sites is 1. The molecule has 3 rings (SSSR count). The molecular weight excluding hydrogens is 320 g/mol. The van der Waals surface area contributed by atoms with Gasteiger partial charge in [0.25, 0.3) is 0 Å². The van der Waals surface area contributed by atoms with E-state index in [1.54, 1.807) is 4.90 Å². The average Bonchev–Trinajstić information content (AvgIpc) is 2.68. The number of carbonyl (C=O) groups is 1. The molecule has 0 aliphatic heterocycles. The largest absolute Gasteiger partial charge is 0.288 e. The zero-order valence-corrected chi connectivity index (χ0v) is 14.9. The zero-order valence-electron chi connectivity index (χ0n) is 14.9. The van der Waals surface area contributed by atoms with Crippen LogP contribution in [-0.4, -0.2) is 10.9 Å². The van der Waals surface area contributed by atoms with E-state index in [1.807, 2.05) is 98.1 Å². The van der Waals surface area contributed by atoms with Crippen molar-refractivity contribution in [3.05, 3.63) is 102 Å². The molecule has 3 nitrogen and oxygen atoms in total. The second-order valence-electron chi connectivity index (χ2n) is 6.10. The Morgan fingerprint density at radius 2 is 1.62 bits per heavy atom. The third-order valence-corrected chi connectivity index (χ3v) is 4.08. The van der Waals surface area contributed by atoms with Crippen molar-refractivity contribution in [1.82, 2.24) is 4.98 Å². The lowest BCUT2D eigenvalue weighted by Gasteiger charge is -2.18. The molecule has 1 heterocycles. The summed E-state index contributed by atoms with van der Waals surface area (Å²) in [7, 11) is 0. The Morgan fingerprint density at radius 3 is 2.31 bits per heavy atom. The van der Waals surface area contributed by atoms with E-state index in [-0.39, 0.29) is 5.91 Å². The van der Waals surface area contributed by atoms with Gasteiger partial charge in [-0.3, -0.25) is 14.7 Å². The second-order valence-corrected chi connectivity index (χ2v) is 6.10. The fourth-order valence-corrected chi connectivity index (χ4v) is 2.73. The standard InChI is InChI=1S/C23H22N2O/c1-19-9-8-12-21(24-19)17-18-25(22-13-6-3-7-14-22)23(26)16-15-20-10-4-2-5-11-20/h2-14,17-18H,15-16H2,1H3. The van der Waals surface area contributed by atoms with Crippen LogP contribution in [0.25, 0.3) is 6.08 Å². The number of aryl methyl sites for hydroxylation is 2. The van der Waals surface area contributed by atoms with E-state index in [4.69, 9.17) is 0 Å². The molecule has 0 aliphatic carbocycles. The molecule has 0 atom stereocenters. The van der Waals surface area contributed by atoms with E-state index in [1.165, 1.54) is 0 Å². The quantitative estimate of drug-likeness (QED) is 0.630. The van der Waals surface area contributed by atoms with Crippen LogP contribution in [0.15, 0.2) is 85.1 Å². The Kier molecular flexibility index (Phi) is 5.94. The van der Waals surface area contributed by atoms with Crippen molar-refractivity contribution < 1.29 is 4.79 Å². The molecule has 0 unspecified atom stereocenters. The fraction of sp³-hybridized carbons (Fsp3) is 0.130. The number of pyridine rings is 1. The van der Waals surface area contributed by atoms with Gasteiger partial charge in [0, 0.05) is 24.0 Å². The monoisotopic (exact) mass is 342 g/mol. The minimum absolute atomic E-state index is 0.0592. The van der Waals surface area contributed by atoms with E-state index >= 15 is 0 Å². The Morgan fingerprint density at radius 1 is 0.923 bits per heavy atom. The number of carbonyl (C=O) groups excluding carboxylic acids is 1. The minimum Gasteiger partial charge on any atom is -0.288 e. The molecule has 1 aromatic heterocycles. The smallest absolute Gasteiger partial charge is 0.231 e. The van der Waals surface area contributed by atoms with Gasteiger partial charge < -0.3 is 0 Å². The SMILES string of the molecule is Cc1cccc(C=CN(C(=O)CCc2ccccc2)c2ccccc2)n1. The van der Waals surface area contributed by atoms with E-state index in [0.29, 0.717) is 6.42 Å². The molecule has 3 heteroatoms. The van der Waals surface area contributed by atoms with Crippen LogP contribution >= 0.6 is 0 Å². The zero-order chi connectivity index (χ0) is 18.2. The lowest BCUT2D eigenvalue weighted by atomic mass is 10.1. The Bertz CT molecular complexity index is 873. The fourth-order valence-electron chi connectivity index (χ4n) is 2.73. The maximum atomic E-state index is 12.9. The maximum absolute atomic E-state index is 12.9. The minimum atomic E-state index is 0.0592. The van der Waals surface area contributed by atoms with Gasteiger partial charge in [0.2, 0.25) is 5.91 Å². The van der Waals surface area contributed by atoms with Crippen molar-refractivity contribution in [3.8, 4) is 0 Å². The van der Waals surface area contributed by atoms with E-state index in [9.17, 15) is 4.79 Å². The molecule has 0 fully saturated rings. The number of hydrogen-bond donors (Lipinski definition) is 0. The van der Waals surface area contributed by atoms with E-state index in [0.717, 1.165) is 29.1 Å². The number of hydrogen-bond acceptors (Lipinski definition) is 2. The first-order chi connectivity index (χ1) is 12.7. The summed E-state index contributed by atoms with van der Waals surface area (Å²) in [6.45, 7) is 1.96. The van der Waals surface area contributed by atoms with Crippen LogP contribution in [0, 0.1) is 6.92 Å². The number of amides is 1. The van der Waals surface area contributed by atoms with Crippen molar-refractivity contribution in [3.63, 3.8) is 0 Å². The summed E-state index contributed by atoms with van der Waals surface area (Å²) in [5, 5.41) is 0. The summed E-state index contributed by atoms with van der Waals surface area (Å²) in [6, 6.07) is 25.6. The molecule has 0 radical (unpaired) electrons. The number of benzene rings is 2. The van der Waals surface area contributed by atoms with Crippen LogP contribution in [0.2, 0.25) is 0 Å². The summed E-state index contributed by atoms with van der Waals surface area (Å²) in [4.78, 5) is 19.0. The molecule has 2 aromatic carbocycles. The Labute approximate surface area is 154 Å². The highest BCUT2D eigenvalue weighted by Crippen LogP contribution is 2.17. The van der Waals surface area contributed by atoms with Gasteiger partial charge in [0.05, 0.1) is 5.69 Å². The molecule has 130 valence electrons. The first-order valence-electron chi connectivity index (χ1n) is 8.75. The van der Waals surface area contributed by atoms with Gasteiger partial charge in [-0.15, -0.1) is 0 Å². The number of aromatic nitrogens is 1. The molecule has 3 aromatic rings. The van der Waals surface area contributed by atoms with Crippen molar-refractivity contribution in [2.24, 2.45) is 0 Å². The number of anilines is 1. The van der Waals surface area contributed by atoms with Crippen LogP contribution in [0.3, 0.4) is 0 Å².